The quantitative estimate of drug-likeness (QED) is 0.704. The molecule has 0 heterocycles. The number of allylic oxidation sites excluding steroid dienone is 5. The summed E-state index contributed by atoms with van der Waals surface area (Å²) in [6.45, 7) is 0. The van der Waals surface area contributed by atoms with E-state index in [0.717, 1.165) is 23.3 Å². The summed E-state index contributed by atoms with van der Waals surface area (Å²) >= 11 is 0. The minimum atomic E-state index is -0.0987. The Bertz CT molecular complexity index is 676. The van der Waals surface area contributed by atoms with E-state index in [1.54, 1.807) is 0 Å². The fraction of sp³-hybridized carbons (Fsp3) is 0.0625. The van der Waals surface area contributed by atoms with Gasteiger partial charge in [-0.3, -0.25) is 4.79 Å². The van der Waals surface area contributed by atoms with Gasteiger partial charge in [0, 0.05) is 12.0 Å². The van der Waals surface area contributed by atoms with E-state index in [0.29, 0.717) is 5.71 Å². The monoisotopic (exact) mass is 248 g/mol. The lowest BCUT2D eigenvalue weighted by Crippen LogP contribution is -2.17. The van der Waals surface area contributed by atoms with E-state index < -0.39 is 0 Å². The summed E-state index contributed by atoms with van der Waals surface area (Å²) in [6.07, 6.45) is 11.9. The number of ketones is 1. The van der Waals surface area contributed by atoms with Gasteiger partial charge in [-0.1, -0.05) is 48.6 Å². The Morgan fingerprint density at radius 2 is 1.84 bits per heavy atom. The summed E-state index contributed by atoms with van der Waals surface area (Å²) in [4.78, 5) is 11.9. The molecule has 0 bridgehead atoms. The molecule has 2 aliphatic carbocycles. The van der Waals surface area contributed by atoms with Crippen LogP contribution in [-0.2, 0) is 4.79 Å². The van der Waals surface area contributed by atoms with Gasteiger partial charge in [-0.15, -0.1) is 5.10 Å². The lowest BCUT2D eigenvalue weighted by atomic mass is 9.95. The van der Waals surface area contributed by atoms with E-state index in [4.69, 9.17) is 0 Å². The number of rotatable bonds is 1. The summed E-state index contributed by atoms with van der Waals surface area (Å²) in [5.41, 5.74) is 3.11. The van der Waals surface area contributed by atoms with Crippen molar-refractivity contribution in [3.63, 3.8) is 0 Å². The maximum absolute atomic E-state index is 11.9. The Morgan fingerprint density at radius 1 is 0.947 bits per heavy atom. The molecule has 2 aliphatic rings. The van der Waals surface area contributed by atoms with Crippen molar-refractivity contribution in [2.75, 3.05) is 0 Å². The molecule has 0 aliphatic heterocycles. The van der Waals surface area contributed by atoms with E-state index in [2.05, 4.69) is 10.2 Å². The van der Waals surface area contributed by atoms with Crippen molar-refractivity contribution in [1.82, 2.24) is 0 Å². The molecule has 92 valence electrons. The highest BCUT2D eigenvalue weighted by atomic mass is 16.1. The van der Waals surface area contributed by atoms with Gasteiger partial charge >= 0.3 is 0 Å². The second kappa shape index (κ2) is 4.98. The average molecular weight is 248 g/mol. The molecule has 0 radical (unpaired) electrons. The third kappa shape index (κ3) is 2.36. The summed E-state index contributed by atoms with van der Waals surface area (Å²) in [5, 5.41) is 8.32. The molecule has 0 saturated carbocycles. The zero-order valence-corrected chi connectivity index (χ0v) is 10.3. The largest absolute Gasteiger partial charge is 0.287 e. The van der Waals surface area contributed by atoms with Crippen LogP contribution >= 0.6 is 0 Å². The summed E-state index contributed by atoms with van der Waals surface area (Å²) < 4.78 is 0. The predicted octanol–water partition coefficient (Wildman–Crippen LogP) is 2.94. The Labute approximate surface area is 111 Å². The average Bonchev–Trinajstić information content (AvgIpc) is 2.47. The van der Waals surface area contributed by atoms with Gasteiger partial charge in [-0.2, -0.15) is 5.10 Å². The molecule has 1 aromatic carbocycles. The van der Waals surface area contributed by atoms with Gasteiger partial charge in [0.15, 0.2) is 0 Å². The predicted molar refractivity (Wildman–Crippen MR) is 77.4 cm³/mol. The van der Waals surface area contributed by atoms with Crippen LogP contribution in [0.15, 0.2) is 64.8 Å². The summed E-state index contributed by atoms with van der Waals surface area (Å²) in [7, 11) is 0. The van der Waals surface area contributed by atoms with Crippen molar-refractivity contribution in [3.05, 3.63) is 65.8 Å². The van der Waals surface area contributed by atoms with Crippen molar-refractivity contribution in [1.29, 1.82) is 0 Å². The Balaban J connectivity index is 2.00. The lowest BCUT2D eigenvalue weighted by Gasteiger charge is -2.10. The second-order valence-corrected chi connectivity index (χ2v) is 4.32. The molecule has 3 nitrogen and oxygen atoms in total. The summed E-state index contributed by atoms with van der Waals surface area (Å²) in [6, 6.07) is 7.70. The van der Waals surface area contributed by atoms with Gasteiger partial charge in [-0.05, 0) is 17.7 Å². The van der Waals surface area contributed by atoms with Gasteiger partial charge in [-0.25, -0.2) is 0 Å². The minimum Gasteiger partial charge on any atom is -0.287 e. The molecule has 19 heavy (non-hydrogen) atoms. The van der Waals surface area contributed by atoms with Gasteiger partial charge in [0.2, 0.25) is 5.78 Å². The molecule has 3 rings (SSSR count). The highest BCUT2D eigenvalue weighted by molar-refractivity contribution is 6.52. The number of carbonyl (C=O) groups excluding carboxylic acids is 1. The highest BCUT2D eigenvalue weighted by Crippen LogP contribution is 2.18. The van der Waals surface area contributed by atoms with Crippen LogP contribution < -0.4 is 0 Å². The molecule has 1 aromatic rings. The molecule has 0 atom stereocenters. The molecule has 0 saturated heterocycles. The molecule has 0 aromatic heterocycles. The third-order valence-corrected chi connectivity index (χ3v) is 3.00. The van der Waals surface area contributed by atoms with E-state index >= 15 is 0 Å². The Hall–Kier alpha value is -2.55. The van der Waals surface area contributed by atoms with E-state index in [1.807, 2.05) is 54.6 Å². The Kier molecular flexibility index (Phi) is 3.02. The first-order chi connectivity index (χ1) is 9.34. The number of hydrogen-bond donors (Lipinski definition) is 0. The van der Waals surface area contributed by atoms with Crippen molar-refractivity contribution in [2.45, 2.75) is 6.42 Å². The first-order valence-corrected chi connectivity index (χ1v) is 6.14. The number of hydrogen-bond acceptors (Lipinski definition) is 3. The zero-order valence-electron chi connectivity index (χ0n) is 10.3. The lowest BCUT2D eigenvalue weighted by molar-refractivity contribution is -0.108. The van der Waals surface area contributed by atoms with Crippen LogP contribution in [0.3, 0.4) is 0 Å². The maximum atomic E-state index is 11.9. The van der Waals surface area contributed by atoms with Crippen LogP contribution in [0.1, 0.15) is 17.5 Å². The normalized spacial score (nSPS) is 21.2. The van der Waals surface area contributed by atoms with E-state index in [1.165, 1.54) is 6.08 Å². The van der Waals surface area contributed by atoms with Crippen molar-refractivity contribution in [2.24, 2.45) is 10.2 Å². The first-order valence-electron chi connectivity index (χ1n) is 6.14. The molecule has 3 heteroatoms. The van der Waals surface area contributed by atoms with Gasteiger partial charge < -0.3 is 0 Å². The number of fused-ring (bicyclic) bond motifs is 1. The molecular weight excluding hydrogens is 236 g/mol. The van der Waals surface area contributed by atoms with Crippen LogP contribution in [0.25, 0.3) is 6.08 Å². The minimum absolute atomic E-state index is 0.0987. The number of benzene rings is 1. The first kappa shape index (κ1) is 11.5. The van der Waals surface area contributed by atoms with Gasteiger partial charge in [0.05, 0.1) is 5.71 Å². The molecular formula is C16H12N2O. The highest BCUT2D eigenvalue weighted by Gasteiger charge is 2.18. The standard InChI is InChI=1S/C16H12N2O/c19-15-11-10-12-6-4-5-9-14(12)16(15)18-17-13-7-2-1-3-8-13/h1-7,9-11H,8H2/b17-13-,18-16-. The smallest absolute Gasteiger partial charge is 0.206 e. The van der Waals surface area contributed by atoms with Crippen molar-refractivity contribution >= 4 is 23.3 Å². The van der Waals surface area contributed by atoms with Crippen LogP contribution in [-0.4, -0.2) is 17.2 Å². The third-order valence-electron chi connectivity index (χ3n) is 3.00. The molecule has 0 amide bonds. The van der Waals surface area contributed by atoms with Crippen molar-refractivity contribution in [3.8, 4) is 0 Å². The Morgan fingerprint density at radius 3 is 2.68 bits per heavy atom. The number of nitrogens with zero attached hydrogens (tertiary/aromatic N) is 2. The van der Waals surface area contributed by atoms with E-state index in [9.17, 15) is 4.79 Å². The van der Waals surface area contributed by atoms with Crippen LogP contribution in [0.5, 0.6) is 0 Å². The topological polar surface area (TPSA) is 41.8 Å². The number of carbonyl (C=O) groups is 1. The van der Waals surface area contributed by atoms with Crippen LogP contribution in [0, 0.1) is 0 Å². The maximum Gasteiger partial charge on any atom is 0.206 e. The SMILES string of the molecule is O=C1C=Cc2ccccc2/C1=N/N=C1/C=CC=CC1. The molecule has 0 N–H and O–H groups in total. The molecule has 0 spiro atoms. The second-order valence-electron chi connectivity index (χ2n) is 4.32. The van der Waals surface area contributed by atoms with Crippen LogP contribution in [0.2, 0.25) is 0 Å². The van der Waals surface area contributed by atoms with Crippen LogP contribution in [0.4, 0.5) is 0 Å². The molecule has 0 fully saturated rings. The molecule has 0 unspecified atom stereocenters. The zero-order chi connectivity index (χ0) is 13.1. The fourth-order valence-corrected chi connectivity index (χ4v) is 2.03. The van der Waals surface area contributed by atoms with Crippen molar-refractivity contribution < 1.29 is 4.79 Å². The fourth-order valence-electron chi connectivity index (χ4n) is 2.03. The van der Waals surface area contributed by atoms with E-state index in [-0.39, 0.29) is 5.78 Å². The summed E-state index contributed by atoms with van der Waals surface area (Å²) in [5.74, 6) is -0.0987. The van der Waals surface area contributed by atoms with Gasteiger partial charge in [0.1, 0.15) is 5.71 Å². The van der Waals surface area contributed by atoms with Gasteiger partial charge in [0.25, 0.3) is 0 Å².